The van der Waals surface area contributed by atoms with Crippen molar-refractivity contribution in [3.63, 3.8) is 0 Å². The van der Waals surface area contributed by atoms with Crippen LogP contribution in [0.15, 0.2) is 0 Å². The number of aliphatic hydroxyl groups excluding tert-OH is 13. The summed E-state index contributed by atoms with van der Waals surface area (Å²) in [6.45, 7) is -2.13. The first-order valence-electron chi connectivity index (χ1n) is 17.7. The molecular weight excluding hydrogens is 784 g/mol. The second-order valence-electron chi connectivity index (χ2n) is 14.0. The average molecular weight is 837 g/mol. The van der Waals surface area contributed by atoms with Crippen LogP contribution in [0, 0.1) is 0 Å². The van der Waals surface area contributed by atoms with E-state index in [9.17, 15) is 85.9 Å². The van der Waals surface area contributed by atoms with E-state index in [1.807, 2.05) is 0 Å². The van der Waals surface area contributed by atoms with Gasteiger partial charge in [0.05, 0.1) is 38.6 Å². The molecule has 16 N–H and O–H groups in total. The SMILES string of the molecule is CC(=O)N[C@H]1[C@H](O[C@@H]2[C@H](O[C@]3(C(=O)O)C[C@H](O)[C@@H](NC(C)=O)[C@H]([C@H](O)[C@H](O)CO)O3)[C@@H](O)[C@H](O[C@H]3[C@H](O)[C@@H](O)[C@H](O)O[C@@H]3CO)O[C@@H]2CO)O[C@H](CO)[C@H](O)[C@@H]1O. The van der Waals surface area contributed by atoms with E-state index < -0.39 is 179 Å². The van der Waals surface area contributed by atoms with Crippen LogP contribution < -0.4 is 10.6 Å². The molecule has 57 heavy (non-hydrogen) atoms. The van der Waals surface area contributed by atoms with Crippen LogP contribution in [0.2, 0.25) is 0 Å². The number of carboxylic acid groups (broad SMARTS) is 1. The molecule has 4 heterocycles. The fraction of sp³-hybridized carbons (Fsp3) is 0.903. The molecule has 21 atom stereocenters. The van der Waals surface area contributed by atoms with E-state index in [0.29, 0.717) is 0 Å². The van der Waals surface area contributed by atoms with E-state index >= 15 is 0 Å². The molecule has 0 bridgehead atoms. The summed E-state index contributed by atoms with van der Waals surface area (Å²) in [6.07, 6.45) is -37.1. The van der Waals surface area contributed by atoms with Crippen molar-refractivity contribution >= 4 is 17.8 Å². The Hall–Kier alpha value is -2.39. The quantitative estimate of drug-likeness (QED) is 0.0728. The van der Waals surface area contributed by atoms with Crippen molar-refractivity contribution in [1.29, 1.82) is 0 Å². The molecule has 4 fully saturated rings. The van der Waals surface area contributed by atoms with Gasteiger partial charge in [0.15, 0.2) is 18.9 Å². The molecular formula is C31H52N2O24. The highest BCUT2D eigenvalue weighted by molar-refractivity contribution is 5.76. The second-order valence-corrected chi connectivity index (χ2v) is 14.0. The lowest BCUT2D eigenvalue weighted by Crippen LogP contribution is -2.72. The fourth-order valence-electron chi connectivity index (χ4n) is 7.05. The Balaban J connectivity index is 1.82. The highest BCUT2D eigenvalue weighted by Gasteiger charge is 2.61. The number of carboxylic acids is 1. The molecule has 0 aliphatic carbocycles. The Labute approximate surface area is 322 Å². The van der Waals surface area contributed by atoms with Crippen LogP contribution in [-0.4, -0.2) is 244 Å². The van der Waals surface area contributed by atoms with Gasteiger partial charge >= 0.3 is 5.97 Å². The molecule has 4 aliphatic rings. The molecule has 0 unspecified atom stereocenters. The molecule has 0 aromatic carbocycles. The van der Waals surface area contributed by atoms with E-state index in [2.05, 4.69) is 10.6 Å². The van der Waals surface area contributed by atoms with Gasteiger partial charge in [-0.2, -0.15) is 0 Å². The molecule has 4 rings (SSSR count). The zero-order chi connectivity index (χ0) is 42.7. The number of hydrogen-bond donors (Lipinski definition) is 16. The van der Waals surface area contributed by atoms with Crippen LogP contribution in [0.1, 0.15) is 20.3 Å². The predicted molar refractivity (Wildman–Crippen MR) is 174 cm³/mol. The van der Waals surface area contributed by atoms with Gasteiger partial charge in [-0.1, -0.05) is 0 Å². The predicted octanol–water partition coefficient (Wildman–Crippen LogP) is -10.3. The van der Waals surface area contributed by atoms with Crippen LogP contribution in [-0.2, 0) is 47.5 Å². The second kappa shape index (κ2) is 19.8. The number of carbonyl (C=O) groups is 3. The van der Waals surface area contributed by atoms with Gasteiger partial charge in [0.2, 0.25) is 11.8 Å². The Morgan fingerprint density at radius 2 is 1.23 bits per heavy atom. The number of nitrogens with one attached hydrogen (secondary N) is 2. The van der Waals surface area contributed by atoms with Gasteiger partial charge in [0.25, 0.3) is 5.79 Å². The van der Waals surface area contributed by atoms with E-state index in [4.69, 9.17) is 33.2 Å². The number of aliphatic hydroxyl groups is 13. The monoisotopic (exact) mass is 836 g/mol. The third-order valence-corrected chi connectivity index (χ3v) is 9.98. The van der Waals surface area contributed by atoms with Crippen molar-refractivity contribution in [1.82, 2.24) is 10.6 Å². The van der Waals surface area contributed by atoms with Crippen LogP contribution in [0.3, 0.4) is 0 Å². The van der Waals surface area contributed by atoms with E-state index in [1.54, 1.807) is 0 Å². The highest BCUT2D eigenvalue weighted by atomic mass is 16.8. The Bertz CT molecular complexity index is 1350. The summed E-state index contributed by atoms with van der Waals surface area (Å²) in [6, 6.07) is -3.34. The smallest absolute Gasteiger partial charge is 0.364 e. The summed E-state index contributed by atoms with van der Waals surface area (Å²) in [4.78, 5) is 37.3. The molecule has 0 aromatic rings. The van der Waals surface area contributed by atoms with Gasteiger partial charge in [-0.3, -0.25) is 9.59 Å². The zero-order valence-electron chi connectivity index (χ0n) is 30.4. The van der Waals surface area contributed by atoms with Gasteiger partial charge < -0.3 is 115 Å². The minimum Gasteiger partial charge on any atom is -0.477 e. The van der Waals surface area contributed by atoms with Crippen molar-refractivity contribution in [3.05, 3.63) is 0 Å². The zero-order valence-corrected chi connectivity index (χ0v) is 30.4. The molecule has 0 spiro atoms. The lowest BCUT2D eigenvalue weighted by molar-refractivity contribution is -0.400. The topological polar surface area (TPSA) is 423 Å². The number of hydrogen-bond acceptors (Lipinski definition) is 23. The summed E-state index contributed by atoms with van der Waals surface area (Å²) < 4.78 is 39.7. The first-order valence-corrected chi connectivity index (χ1v) is 17.7. The third-order valence-electron chi connectivity index (χ3n) is 9.98. The average Bonchev–Trinajstić information content (AvgIpc) is 3.16. The van der Waals surface area contributed by atoms with Crippen LogP contribution >= 0.6 is 0 Å². The van der Waals surface area contributed by atoms with Crippen LogP contribution in [0.4, 0.5) is 0 Å². The first-order chi connectivity index (χ1) is 26.7. The molecule has 2 amide bonds. The lowest BCUT2D eigenvalue weighted by atomic mass is 9.88. The van der Waals surface area contributed by atoms with Crippen molar-refractivity contribution in [2.24, 2.45) is 0 Å². The molecule has 0 radical (unpaired) electrons. The molecule has 4 aliphatic heterocycles. The number of aliphatic carboxylic acids is 1. The van der Waals surface area contributed by atoms with Gasteiger partial charge in [0.1, 0.15) is 91.5 Å². The summed E-state index contributed by atoms with van der Waals surface area (Å²) in [7, 11) is 0. The normalized spacial score (nSPS) is 45.1. The number of amides is 2. The van der Waals surface area contributed by atoms with Crippen molar-refractivity contribution < 1.29 is 119 Å². The molecule has 0 saturated carbocycles. The van der Waals surface area contributed by atoms with Crippen LogP contribution in [0.5, 0.6) is 0 Å². The van der Waals surface area contributed by atoms with Gasteiger partial charge in [-0.05, 0) is 0 Å². The maximum atomic E-state index is 13.1. The Kier molecular flexibility index (Phi) is 16.4. The summed E-state index contributed by atoms with van der Waals surface area (Å²) >= 11 is 0. The maximum Gasteiger partial charge on any atom is 0.364 e. The highest BCUT2D eigenvalue weighted by Crippen LogP contribution is 2.40. The van der Waals surface area contributed by atoms with Gasteiger partial charge in [-0.15, -0.1) is 0 Å². The van der Waals surface area contributed by atoms with E-state index in [-0.39, 0.29) is 0 Å². The molecule has 330 valence electrons. The molecule has 0 aromatic heterocycles. The number of carbonyl (C=O) groups excluding carboxylic acids is 2. The third kappa shape index (κ3) is 10.2. The van der Waals surface area contributed by atoms with Crippen molar-refractivity contribution in [3.8, 4) is 0 Å². The number of rotatable bonds is 15. The fourth-order valence-corrected chi connectivity index (χ4v) is 7.05. The number of ether oxygens (including phenoxy) is 7. The van der Waals surface area contributed by atoms with Crippen molar-refractivity contribution in [2.45, 2.75) is 149 Å². The Morgan fingerprint density at radius 1 is 0.684 bits per heavy atom. The summed E-state index contributed by atoms with van der Waals surface area (Å²) in [5.74, 6) is -6.92. The minimum atomic E-state index is -3.22. The molecule has 26 nitrogen and oxygen atoms in total. The van der Waals surface area contributed by atoms with E-state index in [1.165, 1.54) is 0 Å². The lowest BCUT2D eigenvalue weighted by Gasteiger charge is -2.52. The molecule has 26 heteroatoms. The molecule has 4 saturated heterocycles. The first kappa shape index (κ1) is 47.3. The van der Waals surface area contributed by atoms with E-state index in [0.717, 1.165) is 13.8 Å². The minimum absolute atomic E-state index is 0.803. The largest absolute Gasteiger partial charge is 0.477 e. The van der Waals surface area contributed by atoms with Crippen molar-refractivity contribution in [2.75, 3.05) is 26.4 Å². The van der Waals surface area contributed by atoms with Gasteiger partial charge in [0, 0.05) is 20.3 Å². The summed E-state index contributed by atoms with van der Waals surface area (Å²) in [5.41, 5.74) is 0. The standard InChI is InChI=1S/C31H52N2O24/c1-8(38)32-15-10(40)3-31(30(49)50,56-25(15)17(42)11(41)4-34)57-26-22(47)29(54-23-13(6-36)51-27(48)21(46)20(23)45)53-14(7-37)24(26)55-28-16(33-9(2)39)19(44)18(43)12(5-35)52-28/h10-29,34-37,40-48H,3-7H2,1-2H3,(H,32,38)(H,33,39)(H,49,50)/t10-,11+,12+,13+,14+,15+,16+,17+,18-,19+,20+,21+,22+,23+,24-,25+,26+,27+,28-,29-,31-/m0/s1. The Morgan fingerprint density at radius 3 is 1.77 bits per heavy atom. The maximum absolute atomic E-state index is 13.1. The van der Waals surface area contributed by atoms with Gasteiger partial charge in [-0.25, -0.2) is 4.79 Å². The van der Waals surface area contributed by atoms with Crippen LogP contribution in [0.25, 0.3) is 0 Å². The summed E-state index contributed by atoms with van der Waals surface area (Å²) in [5, 5.41) is 151.